The Morgan fingerprint density at radius 3 is 2.75 bits per heavy atom. The van der Waals surface area contributed by atoms with Crippen LogP contribution in [0.3, 0.4) is 0 Å². The number of hydrogen-bond acceptors (Lipinski definition) is 3. The Balaban J connectivity index is 2.14. The van der Waals surface area contributed by atoms with E-state index in [4.69, 9.17) is 10.5 Å². The molecule has 0 spiro atoms. The van der Waals surface area contributed by atoms with Crippen LogP contribution >= 0.6 is 12.6 Å². The highest BCUT2D eigenvalue weighted by Gasteiger charge is 2.00. The first kappa shape index (κ1) is 13.4. The van der Waals surface area contributed by atoms with Gasteiger partial charge in [0.2, 0.25) is 0 Å². The van der Waals surface area contributed by atoms with Crippen LogP contribution in [0.15, 0.2) is 24.3 Å². The largest absolute Gasteiger partial charge is 0.493 e. The van der Waals surface area contributed by atoms with E-state index in [2.05, 4.69) is 25.6 Å². The quantitative estimate of drug-likeness (QED) is 0.567. The maximum Gasteiger partial charge on any atom is 0.122 e. The second-order valence-electron chi connectivity index (χ2n) is 4.05. The van der Waals surface area contributed by atoms with Gasteiger partial charge in [0.05, 0.1) is 6.61 Å². The minimum Gasteiger partial charge on any atom is -0.493 e. The lowest BCUT2D eigenvalue weighted by atomic mass is 10.1. The molecule has 0 amide bonds. The lowest BCUT2D eigenvalue weighted by molar-refractivity contribution is 0.302. The predicted molar refractivity (Wildman–Crippen MR) is 72.4 cm³/mol. The minimum absolute atomic E-state index is 0.224. The number of thiol groups is 1. The molecule has 0 aliphatic rings. The standard InChI is InChI=1S/C13H21NOS/c1-11-6-2-3-8-13(11)15-9-5-4-7-12(14)10-16/h2-3,6,8,12,16H,4-5,7,9-10,14H2,1H3. The molecule has 0 saturated carbocycles. The van der Waals surface area contributed by atoms with Crippen LogP contribution in [0.5, 0.6) is 5.75 Å². The summed E-state index contributed by atoms with van der Waals surface area (Å²) < 4.78 is 5.69. The monoisotopic (exact) mass is 239 g/mol. The molecule has 1 unspecified atom stereocenters. The van der Waals surface area contributed by atoms with E-state index in [0.717, 1.165) is 37.4 Å². The third kappa shape index (κ3) is 4.90. The van der Waals surface area contributed by atoms with Gasteiger partial charge in [0.25, 0.3) is 0 Å². The van der Waals surface area contributed by atoms with Crippen molar-refractivity contribution >= 4 is 12.6 Å². The molecule has 0 radical (unpaired) electrons. The fraction of sp³-hybridized carbons (Fsp3) is 0.538. The summed E-state index contributed by atoms with van der Waals surface area (Å²) >= 11 is 4.15. The van der Waals surface area contributed by atoms with Gasteiger partial charge in [-0.1, -0.05) is 18.2 Å². The molecule has 1 aromatic carbocycles. The second kappa shape index (κ2) is 7.58. The molecule has 0 aliphatic carbocycles. The van der Waals surface area contributed by atoms with Gasteiger partial charge in [-0.3, -0.25) is 0 Å². The average molecular weight is 239 g/mol. The Morgan fingerprint density at radius 2 is 2.06 bits per heavy atom. The van der Waals surface area contributed by atoms with Gasteiger partial charge < -0.3 is 10.5 Å². The predicted octanol–water partition coefficient (Wildman–Crippen LogP) is 2.80. The average Bonchev–Trinajstić information content (AvgIpc) is 2.30. The summed E-state index contributed by atoms with van der Waals surface area (Å²) in [7, 11) is 0. The van der Waals surface area contributed by atoms with Gasteiger partial charge in [-0.15, -0.1) is 0 Å². The summed E-state index contributed by atoms with van der Waals surface area (Å²) in [5, 5.41) is 0. The Labute approximate surface area is 104 Å². The van der Waals surface area contributed by atoms with E-state index in [-0.39, 0.29) is 6.04 Å². The van der Waals surface area contributed by atoms with Crippen molar-refractivity contribution in [3.05, 3.63) is 29.8 Å². The summed E-state index contributed by atoms with van der Waals surface area (Å²) in [5.74, 6) is 1.75. The zero-order valence-electron chi connectivity index (χ0n) is 9.86. The highest BCUT2D eigenvalue weighted by atomic mass is 32.1. The number of rotatable bonds is 7. The normalized spacial score (nSPS) is 12.4. The molecule has 2 nitrogen and oxygen atoms in total. The van der Waals surface area contributed by atoms with Crippen molar-refractivity contribution in [1.82, 2.24) is 0 Å². The number of aryl methyl sites for hydroxylation is 1. The fourth-order valence-electron chi connectivity index (χ4n) is 1.50. The van der Waals surface area contributed by atoms with Crippen molar-refractivity contribution in [3.63, 3.8) is 0 Å². The minimum atomic E-state index is 0.224. The molecule has 0 saturated heterocycles. The zero-order valence-corrected chi connectivity index (χ0v) is 10.7. The molecular formula is C13H21NOS. The van der Waals surface area contributed by atoms with E-state index >= 15 is 0 Å². The van der Waals surface area contributed by atoms with Crippen LogP contribution in [0.2, 0.25) is 0 Å². The van der Waals surface area contributed by atoms with Crippen LogP contribution < -0.4 is 10.5 Å². The molecule has 0 heterocycles. The Morgan fingerprint density at radius 1 is 1.31 bits per heavy atom. The van der Waals surface area contributed by atoms with Gasteiger partial charge in [-0.25, -0.2) is 0 Å². The molecule has 1 rings (SSSR count). The van der Waals surface area contributed by atoms with Crippen molar-refractivity contribution in [1.29, 1.82) is 0 Å². The van der Waals surface area contributed by atoms with Crippen LogP contribution in [-0.4, -0.2) is 18.4 Å². The lowest BCUT2D eigenvalue weighted by Gasteiger charge is -2.10. The van der Waals surface area contributed by atoms with E-state index in [0.29, 0.717) is 0 Å². The molecule has 1 atom stereocenters. The molecule has 0 bridgehead atoms. The summed E-state index contributed by atoms with van der Waals surface area (Å²) in [4.78, 5) is 0. The number of nitrogens with two attached hydrogens (primary N) is 1. The van der Waals surface area contributed by atoms with Crippen LogP contribution in [-0.2, 0) is 0 Å². The summed E-state index contributed by atoms with van der Waals surface area (Å²) in [6, 6.07) is 8.32. The van der Waals surface area contributed by atoms with Crippen LogP contribution in [0, 0.1) is 6.92 Å². The van der Waals surface area contributed by atoms with Crippen molar-refractivity contribution in [2.75, 3.05) is 12.4 Å². The van der Waals surface area contributed by atoms with Crippen LogP contribution in [0.25, 0.3) is 0 Å². The molecular weight excluding hydrogens is 218 g/mol. The first-order valence-electron chi connectivity index (χ1n) is 5.79. The van der Waals surface area contributed by atoms with Gasteiger partial charge in [0.1, 0.15) is 5.75 Å². The number of hydrogen-bond donors (Lipinski definition) is 2. The van der Waals surface area contributed by atoms with Crippen LogP contribution in [0.1, 0.15) is 24.8 Å². The van der Waals surface area contributed by atoms with Gasteiger partial charge in [0.15, 0.2) is 0 Å². The van der Waals surface area contributed by atoms with E-state index < -0.39 is 0 Å². The Hall–Kier alpha value is -0.670. The molecule has 16 heavy (non-hydrogen) atoms. The molecule has 90 valence electrons. The first-order chi connectivity index (χ1) is 7.74. The zero-order chi connectivity index (χ0) is 11.8. The number of unbranched alkanes of at least 4 members (excludes halogenated alkanes) is 1. The van der Waals surface area contributed by atoms with Gasteiger partial charge in [-0.05, 0) is 37.8 Å². The van der Waals surface area contributed by atoms with Gasteiger partial charge in [0, 0.05) is 11.8 Å². The van der Waals surface area contributed by atoms with E-state index in [1.54, 1.807) is 0 Å². The maximum absolute atomic E-state index is 5.77. The van der Waals surface area contributed by atoms with Gasteiger partial charge >= 0.3 is 0 Å². The molecule has 0 aliphatic heterocycles. The second-order valence-corrected chi connectivity index (χ2v) is 4.42. The van der Waals surface area contributed by atoms with Crippen molar-refractivity contribution in [2.45, 2.75) is 32.2 Å². The topological polar surface area (TPSA) is 35.2 Å². The number of ether oxygens (including phenoxy) is 1. The maximum atomic E-state index is 5.77. The van der Waals surface area contributed by atoms with Crippen LogP contribution in [0.4, 0.5) is 0 Å². The fourth-order valence-corrected chi connectivity index (χ4v) is 1.68. The molecule has 3 heteroatoms. The summed E-state index contributed by atoms with van der Waals surface area (Å²) in [5.41, 5.74) is 6.96. The molecule has 0 aromatic heterocycles. The number of benzene rings is 1. The van der Waals surface area contributed by atoms with E-state index in [9.17, 15) is 0 Å². The number of para-hydroxylation sites is 1. The Kier molecular flexibility index (Phi) is 6.34. The van der Waals surface area contributed by atoms with Crippen molar-refractivity contribution in [2.24, 2.45) is 5.73 Å². The summed E-state index contributed by atoms with van der Waals surface area (Å²) in [6.45, 7) is 2.83. The van der Waals surface area contributed by atoms with E-state index in [1.807, 2.05) is 18.2 Å². The molecule has 1 aromatic rings. The first-order valence-corrected chi connectivity index (χ1v) is 6.42. The van der Waals surface area contributed by atoms with Gasteiger partial charge in [-0.2, -0.15) is 12.6 Å². The third-order valence-corrected chi connectivity index (χ3v) is 3.02. The Bertz CT molecular complexity index is 304. The highest BCUT2D eigenvalue weighted by molar-refractivity contribution is 7.80. The summed E-state index contributed by atoms with van der Waals surface area (Å²) in [6.07, 6.45) is 3.18. The highest BCUT2D eigenvalue weighted by Crippen LogP contribution is 2.16. The van der Waals surface area contributed by atoms with Crippen molar-refractivity contribution in [3.8, 4) is 5.75 Å². The van der Waals surface area contributed by atoms with Crippen molar-refractivity contribution < 1.29 is 4.74 Å². The lowest BCUT2D eigenvalue weighted by Crippen LogP contribution is -2.21. The third-order valence-electron chi connectivity index (χ3n) is 2.55. The molecule has 2 N–H and O–H groups in total. The SMILES string of the molecule is Cc1ccccc1OCCCCC(N)CS. The smallest absolute Gasteiger partial charge is 0.122 e. The molecule has 0 fully saturated rings. The van der Waals surface area contributed by atoms with E-state index in [1.165, 1.54) is 5.56 Å².